The van der Waals surface area contributed by atoms with Crippen molar-refractivity contribution in [3.05, 3.63) is 76.1 Å². The van der Waals surface area contributed by atoms with E-state index in [1.54, 1.807) is 6.20 Å². The van der Waals surface area contributed by atoms with Crippen LogP contribution in [0.1, 0.15) is 38.3 Å². The van der Waals surface area contributed by atoms with Crippen LogP contribution in [0.2, 0.25) is 0 Å². The highest BCUT2D eigenvalue weighted by atomic mass is 16.5. The molecule has 0 spiro atoms. The van der Waals surface area contributed by atoms with Gasteiger partial charge >= 0.3 is 0 Å². The average molecular weight is 373 g/mol. The van der Waals surface area contributed by atoms with Gasteiger partial charge in [0.25, 0.3) is 5.91 Å². The summed E-state index contributed by atoms with van der Waals surface area (Å²) in [4.78, 5) is 12.4. The first-order valence-electron chi connectivity index (χ1n) is 9.45. The first-order valence-corrected chi connectivity index (χ1v) is 9.45. The quantitative estimate of drug-likeness (QED) is 0.759. The highest BCUT2D eigenvalue weighted by molar-refractivity contribution is 5.98. The standard InChI is InChI=1S/C23H23N3O2/c1-14-10-20(13-25-26-14)18-6-4-17(5-7-18)11-19-12-21-22(16(3)15(19)2)28-9-8-24-23(21)27/h4-7,10,12-13H,8-9,11H2,1-3H3,(H,24,27). The first-order chi connectivity index (χ1) is 13.5. The van der Waals surface area contributed by atoms with E-state index in [9.17, 15) is 4.79 Å². The molecule has 0 radical (unpaired) electrons. The van der Waals surface area contributed by atoms with E-state index < -0.39 is 0 Å². The predicted molar refractivity (Wildman–Crippen MR) is 109 cm³/mol. The maximum atomic E-state index is 12.4. The summed E-state index contributed by atoms with van der Waals surface area (Å²) in [5.74, 6) is 0.653. The second kappa shape index (κ2) is 7.43. The normalized spacial score (nSPS) is 13.3. The lowest BCUT2D eigenvalue weighted by atomic mass is 9.93. The molecule has 2 aromatic carbocycles. The molecule has 5 heteroatoms. The van der Waals surface area contributed by atoms with Crippen LogP contribution in [0, 0.1) is 20.8 Å². The Morgan fingerprint density at radius 3 is 2.57 bits per heavy atom. The van der Waals surface area contributed by atoms with Crippen LogP contribution in [0.25, 0.3) is 11.1 Å². The predicted octanol–water partition coefficient (Wildman–Crippen LogP) is 3.78. The lowest BCUT2D eigenvalue weighted by Gasteiger charge is -2.16. The zero-order valence-electron chi connectivity index (χ0n) is 16.4. The van der Waals surface area contributed by atoms with Gasteiger partial charge in [-0.3, -0.25) is 4.79 Å². The van der Waals surface area contributed by atoms with Crippen molar-refractivity contribution in [3.63, 3.8) is 0 Å². The Labute approximate surface area is 164 Å². The van der Waals surface area contributed by atoms with Gasteiger partial charge in [-0.25, -0.2) is 0 Å². The number of benzene rings is 2. The number of ether oxygens (including phenoxy) is 1. The molecule has 1 N–H and O–H groups in total. The molecule has 1 aliphatic heterocycles. The van der Waals surface area contributed by atoms with Gasteiger partial charge in [0, 0.05) is 5.56 Å². The molecule has 0 aliphatic carbocycles. The van der Waals surface area contributed by atoms with Gasteiger partial charge in [0.15, 0.2) is 0 Å². The van der Waals surface area contributed by atoms with Gasteiger partial charge in [-0.2, -0.15) is 10.2 Å². The molecule has 5 nitrogen and oxygen atoms in total. The summed E-state index contributed by atoms with van der Waals surface area (Å²) in [7, 11) is 0. The SMILES string of the molecule is Cc1cc(-c2ccc(Cc3cc4c(c(C)c3C)OCCNC4=O)cc2)cnn1. The average Bonchev–Trinajstić information content (AvgIpc) is 2.88. The number of rotatable bonds is 3. The Kier molecular flexibility index (Phi) is 4.82. The van der Waals surface area contributed by atoms with Crippen LogP contribution in [0.3, 0.4) is 0 Å². The molecule has 1 aliphatic rings. The summed E-state index contributed by atoms with van der Waals surface area (Å²) in [5.41, 5.74) is 8.26. The molecular weight excluding hydrogens is 350 g/mol. The number of nitrogens with one attached hydrogen (secondary N) is 1. The minimum atomic E-state index is -0.0623. The molecule has 0 bridgehead atoms. The number of amides is 1. The third-order valence-corrected chi connectivity index (χ3v) is 5.29. The fourth-order valence-corrected chi connectivity index (χ4v) is 3.58. The molecule has 142 valence electrons. The van der Waals surface area contributed by atoms with Crippen LogP contribution < -0.4 is 10.1 Å². The van der Waals surface area contributed by atoms with Crippen molar-refractivity contribution in [2.75, 3.05) is 13.2 Å². The van der Waals surface area contributed by atoms with E-state index in [1.807, 2.05) is 26.0 Å². The number of hydrogen-bond acceptors (Lipinski definition) is 4. The van der Waals surface area contributed by atoms with Crippen molar-refractivity contribution in [3.8, 4) is 16.9 Å². The van der Waals surface area contributed by atoms with E-state index in [2.05, 4.69) is 46.7 Å². The molecule has 0 atom stereocenters. The van der Waals surface area contributed by atoms with E-state index in [4.69, 9.17) is 4.74 Å². The van der Waals surface area contributed by atoms with Crippen LogP contribution in [-0.4, -0.2) is 29.3 Å². The topological polar surface area (TPSA) is 64.1 Å². The van der Waals surface area contributed by atoms with Crippen LogP contribution in [0.15, 0.2) is 42.6 Å². The van der Waals surface area contributed by atoms with Crippen molar-refractivity contribution in [2.24, 2.45) is 0 Å². The summed E-state index contributed by atoms with van der Waals surface area (Å²) in [6.45, 7) is 7.10. The van der Waals surface area contributed by atoms with Crippen molar-refractivity contribution < 1.29 is 9.53 Å². The van der Waals surface area contributed by atoms with E-state index in [1.165, 1.54) is 11.1 Å². The molecule has 1 amide bonds. The number of nitrogens with zero attached hydrogens (tertiary/aromatic N) is 2. The molecule has 0 saturated carbocycles. The first kappa shape index (κ1) is 18.2. The number of aromatic nitrogens is 2. The Morgan fingerprint density at radius 1 is 1.04 bits per heavy atom. The molecule has 4 rings (SSSR count). The zero-order valence-corrected chi connectivity index (χ0v) is 16.4. The Bertz CT molecular complexity index is 1040. The molecule has 3 aromatic rings. The smallest absolute Gasteiger partial charge is 0.255 e. The number of carbonyl (C=O) groups excluding carboxylic acids is 1. The molecule has 2 heterocycles. The Morgan fingerprint density at radius 2 is 1.82 bits per heavy atom. The van der Waals surface area contributed by atoms with Crippen LogP contribution in [-0.2, 0) is 6.42 Å². The monoisotopic (exact) mass is 373 g/mol. The van der Waals surface area contributed by atoms with Gasteiger partial charge in [-0.1, -0.05) is 24.3 Å². The van der Waals surface area contributed by atoms with E-state index in [0.29, 0.717) is 24.5 Å². The third-order valence-electron chi connectivity index (χ3n) is 5.29. The zero-order chi connectivity index (χ0) is 19.7. The molecule has 0 unspecified atom stereocenters. The second-order valence-corrected chi connectivity index (χ2v) is 7.23. The second-order valence-electron chi connectivity index (χ2n) is 7.23. The van der Waals surface area contributed by atoms with E-state index >= 15 is 0 Å². The largest absolute Gasteiger partial charge is 0.491 e. The highest BCUT2D eigenvalue weighted by Gasteiger charge is 2.21. The maximum Gasteiger partial charge on any atom is 0.255 e. The lowest BCUT2D eigenvalue weighted by molar-refractivity contribution is 0.0957. The minimum absolute atomic E-state index is 0.0623. The van der Waals surface area contributed by atoms with Crippen LogP contribution >= 0.6 is 0 Å². The maximum absolute atomic E-state index is 12.4. The highest BCUT2D eigenvalue weighted by Crippen LogP contribution is 2.32. The van der Waals surface area contributed by atoms with Gasteiger partial charge in [-0.15, -0.1) is 0 Å². The van der Waals surface area contributed by atoms with Gasteiger partial charge in [0.1, 0.15) is 12.4 Å². The summed E-state index contributed by atoms with van der Waals surface area (Å²) in [5, 5.41) is 10.9. The Hall–Kier alpha value is -3.21. The molecule has 0 fully saturated rings. The van der Waals surface area contributed by atoms with Gasteiger partial charge in [0.2, 0.25) is 0 Å². The van der Waals surface area contributed by atoms with Crippen molar-refractivity contribution in [1.82, 2.24) is 15.5 Å². The van der Waals surface area contributed by atoms with Crippen molar-refractivity contribution >= 4 is 5.91 Å². The van der Waals surface area contributed by atoms with Crippen molar-refractivity contribution in [2.45, 2.75) is 27.2 Å². The third kappa shape index (κ3) is 3.48. The number of carbonyl (C=O) groups is 1. The summed E-state index contributed by atoms with van der Waals surface area (Å²) in [6, 6.07) is 12.5. The lowest BCUT2D eigenvalue weighted by Crippen LogP contribution is -2.24. The summed E-state index contributed by atoms with van der Waals surface area (Å²) in [6.07, 6.45) is 2.54. The molecule has 0 saturated heterocycles. The number of aryl methyl sites for hydroxylation is 1. The molecule has 1 aromatic heterocycles. The number of hydrogen-bond donors (Lipinski definition) is 1. The van der Waals surface area contributed by atoms with Crippen LogP contribution in [0.5, 0.6) is 5.75 Å². The summed E-state index contributed by atoms with van der Waals surface area (Å²) < 4.78 is 5.82. The Balaban J connectivity index is 1.64. The van der Waals surface area contributed by atoms with E-state index in [0.717, 1.165) is 34.4 Å². The fraction of sp³-hybridized carbons (Fsp3) is 0.261. The molecule has 28 heavy (non-hydrogen) atoms. The van der Waals surface area contributed by atoms with Gasteiger partial charge in [-0.05, 0) is 67.1 Å². The fourth-order valence-electron chi connectivity index (χ4n) is 3.58. The number of fused-ring (bicyclic) bond motifs is 1. The minimum Gasteiger partial charge on any atom is -0.491 e. The van der Waals surface area contributed by atoms with Crippen molar-refractivity contribution in [1.29, 1.82) is 0 Å². The van der Waals surface area contributed by atoms with E-state index in [-0.39, 0.29) is 5.91 Å². The molecular formula is C23H23N3O2. The van der Waals surface area contributed by atoms with Gasteiger partial charge < -0.3 is 10.1 Å². The summed E-state index contributed by atoms with van der Waals surface area (Å²) >= 11 is 0. The van der Waals surface area contributed by atoms with Gasteiger partial charge in [0.05, 0.1) is 24.0 Å². The van der Waals surface area contributed by atoms with Crippen LogP contribution in [0.4, 0.5) is 0 Å².